The Kier molecular flexibility index (Phi) is 3.28. The SMILES string of the molecule is [SbH3].c1ccc2c(c1)Nc1ccccc1S2. The number of nitrogens with one attached hydrogen (secondary N) is 1. The molecule has 0 radical (unpaired) electrons. The van der Waals surface area contributed by atoms with E-state index in [0.717, 1.165) is 0 Å². The van der Waals surface area contributed by atoms with E-state index in [1.54, 1.807) is 0 Å². The van der Waals surface area contributed by atoms with Crippen LogP contribution in [0, 0.1) is 0 Å². The summed E-state index contributed by atoms with van der Waals surface area (Å²) in [6.07, 6.45) is 0. The zero-order valence-corrected chi connectivity index (χ0v) is 13.1. The Balaban J connectivity index is 0.000000853. The molecule has 0 aliphatic carbocycles. The van der Waals surface area contributed by atoms with Crippen LogP contribution in [0.3, 0.4) is 0 Å². The summed E-state index contributed by atoms with van der Waals surface area (Å²) in [6, 6.07) is 16.8. The molecule has 0 amide bonds. The predicted octanol–water partition coefficient (Wildman–Crippen LogP) is 2.71. The van der Waals surface area contributed by atoms with Crippen LogP contribution in [-0.2, 0) is 0 Å². The molecular weight excluding hydrogens is 312 g/mol. The standard InChI is InChI=1S/C12H9NS.Sb.3H/c1-3-7-11-9(5-1)13-10-6-2-4-8-12(10)14-11;;;;/h1-8,13H;;;;. The number of rotatable bonds is 0. The third-order valence-electron chi connectivity index (χ3n) is 2.26. The summed E-state index contributed by atoms with van der Waals surface area (Å²) in [5.74, 6) is 0. The van der Waals surface area contributed by atoms with Crippen LogP contribution in [0.15, 0.2) is 58.3 Å². The Morgan fingerprint density at radius 1 is 0.733 bits per heavy atom. The second kappa shape index (κ2) is 4.50. The molecule has 76 valence electrons. The average molecular weight is 324 g/mol. The van der Waals surface area contributed by atoms with Crippen LogP contribution in [0.5, 0.6) is 0 Å². The van der Waals surface area contributed by atoms with Gasteiger partial charge in [-0.1, -0.05) is 36.0 Å². The van der Waals surface area contributed by atoms with Gasteiger partial charge in [0.25, 0.3) is 0 Å². The van der Waals surface area contributed by atoms with E-state index in [1.165, 1.54) is 21.2 Å². The molecule has 0 fully saturated rings. The van der Waals surface area contributed by atoms with Gasteiger partial charge in [-0.3, -0.25) is 0 Å². The van der Waals surface area contributed by atoms with Gasteiger partial charge in [-0.05, 0) is 24.3 Å². The van der Waals surface area contributed by atoms with Crippen molar-refractivity contribution in [1.82, 2.24) is 0 Å². The first kappa shape index (κ1) is 10.9. The van der Waals surface area contributed by atoms with Gasteiger partial charge in [0, 0.05) is 9.79 Å². The van der Waals surface area contributed by atoms with Gasteiger partial charge in [0.05, 0.1) is 11.4 Å². The Labute approximate surface area is 111 Å². The normalized spacial score (nSPS) is 11.7. The summed E-state index contributed by atoms with van der Waals surface area (Å²) in [5, 5.41) is 3.42. The summed E-state index contributed by atoms with van der Waals surface area (Å²) in [4.78, 5) is 2.59. The average Bonchev–Trinajstić information content (AvgIpc) is 2.26. The van der Waals surface area contributed by atoms with E-state index in [0.29, 0.717) is 0 Å². The molecule has 1 N–H and O–H groups in total. The topological polar surface area (TPSA) is 12.0 Å². The number of benzene rings is 2. The molecule has 0 saturated carbocycles. The van der Waals surface area contributed by atoms with E-state index in [9.17, 15) is 0 Å². The predicted molar refractivity (Wildman–Crippen MR) is 70.2 cm³/mol. The monoisotopic (exact) mass is 323 g/mol. The van der Waals surface area contributed by atoms with Crippen molar-refractivity contribution in [2.45, 2.75) is 9.79 Å². The Morgan fingerprint density at radius 2 is 1.20 bits per heavy atom. The van der Waals surface area contributed by atoms with Gasteiger partial charge in [0.15, 0.2) is 0 Å². The van der Waals surface area contributed by atoms with Gasteiger partial charge in [-0.15, -0.1) is 0 Å². The second-order valence-corrected chi connectivity index (χ2v) is 4.30. The fraction of sp³-hybridized carbons (Fsp3) is 0. The van der Waals surface area contributed by atoms with Gasteiger partial charge in [-0.2, -0.15) is 0 Å². The van der Waals surface area contributed by atoms with Crippen LogP contribution < -0.4 is 5.32 Å². The summed E-state index contributed by atoms with van der Waals surface area (Å²) in [5.41, 5.74) is 2.41. The van der Waals surface area contributed by atoms with E-state index in [1.807, 2.05) is 11.8 Å². The van der Waals surface area contributed by atoms with E-state index in [2.05, 4.69) is 53.8 Å². The van der Waals surface area contributed by atoms with Crippen LogP contribution in [0.2, 0.25) is 0 Å². The molecule has 0 unspecified atom stereocenters. The molecule has 1 aliphatic rings. The van der Waals surface area contributed by atoms with Gasteiger partial charge in [-0.25, -0.2) is 0 Å². The first-order chi connectivity index (χ1) is 6.93. The smallest absolute Gasteiger partial charge is 0.0526 e. The molecule has 15 heavy (non-hydrogen) atoms. The molecular formula is C12H12NSSb. The Hall–Kier alpha value is -0.592. The van der Waals surface area contributed by atoms with Gasteiger partial charge in [0.2, 0.25) is 0 Å². The minimum Gasteiger partial charge on any atom is -0.354 e. The molecule has 0 atom stereocenters. The maximum absolute atomic E-state index is 3.42. The minimum absolute atomic E-state index is 0. The number of para-hydroxylation sites is 2. The van der Waals surface area contributed by atoms with E-state index >= 15 is 0 Å². The maximum Gasteiger partial charge on any atom is 0.0526 e. The summed E-state index contributed by atoms with van der Waals surface area (Å²) < 4.78 is 0. The van der Waals surface area contributed by atoms with E-state index in [-0.39, 0.29) is 24.4 Å². The number of anilines is 2. The molecule has 1 nitrogen and oxygen atoms in total. The van der Waals surface area contributed by atoms with Gasteiger partial charge < -0.3 is 5.32 Å². The third kappa shape index (κ3) is 2.02. The molecule has 2 aromatic carbocycles. The van der Waals surface area contributed by atoms with Crippen molar-refractivity contribution in [1.29, 1.82) is 0 Å². The van der Waals surface area contributed by atoms with Gasteiger partial charge >= 0.3 is 24.4 Å². The molecule has 0 aromatic heterocycles. The van der Waals surface area contributed by atoms with Crippen LogP contribution in [0.1, 0.15) is 0 Å². The molecule has 3 heteroatoms. The van der Waals surface area contributed by atoms with Crippen LogP contribution in [0.4, 0.5) is 11.4 Å². The number of hydrogen-bond acceptors (Lipinski definition) is 2. The summed E-state index contributed by atoms with van der Waals surface area (Å²) in [7, 11) is 0. The zero-order valence-electron chi connectivity index (χ0n) is 8.23. The molecule has 0 bridgehead atoms. The van der Waals surface area contributed by atoms with Crippen molar-refractivity contribution >= 4 is 47.6 Å². The van der Waals surface area contributed by atoms with Crippen molar-refractivity contribution in [3.63, 3.8) is 0 Å². The Bertz CT molecular complexity index is 397. The van der Waals surface area contributed by atoms with Crippen molar-refractivity contribution in [3.8, 4) is 0 Å². The first-order valence-electron chi connectivity index (χ1n) is 4.56. The van der Waals surface area contributed by atoms with E-state index < -0.39 is 0 Å². The molecule has 1 aliphatic heterocycles. The first-order valence-corrected chi connectivity index (χ1v) is 5.38. The van der Waals surface area contributed by atoms with Crippen molar-refractivity contribution < 1.29 is 0 Å². The largest absolute Gasteiger partial charge is 0.354 e. The third-order valence-corrected chi connectivity index (χ3v) is 3.42. The quantitative estimate of drug-likeness (QED) is 0.638. The molecule has 0 spiro atoms. The van der Waals surface area contributed by atoms with Crippen LogP contribution in [-0.4, -0.2) is 24.4 Å². The fourth-order valence-electron chi connectivity index (χ4n) is 1.58. The zero-order chi connectivity index (χ0) is 9.38. The van der Waals surface area contributed by atoms with Crippen LogP contribution >= 0.6 is 11.8 Å². The summed E-state index contributed by atoms with van der Waals surface area (Å²) in [6.45, 7) is 0. The molecule has 0 saturated heterocycles. The minimum atomic E-state index is 0. The number of fused-ring (bicyclic) bond motifs is 2. The Morgan fingerprint density at radius 3 is 1.73 bits per heavy atom. The molecule has 2 aromatic rings. The van der Waals surface area contributed by atoms with Crippen LogP contribution in [0.25, 0.3) is 0 Å². The summed E-state index contributed by atoms with van der Waals surface area (Å²) >= 11 is 1.82. The molecule has 3 rings (SSSR count). The van der Waals surface area contributed by atoms with E-state index in [4.69, 9.17) is 0 Å². The van der Waals surface area contributed by atoms with Crippen molar-refractivity contribution in [3.05, 3.63) is 48.5 Å². The van der Waals surface area contributed by atoms with Crippen molar-refractivity contribution in [2.24, 2.45) is 0 Å². The van der Waals surface area contributed by atoms with Crippen molar-refractivity contribution in [2.75, 3.05) is 5.32 Å². The maximum atomic E-state index is 3.42. The second-order valence-electron chi connectivity index (χ2n) is 3.22. The fourth-order valence-corrected chi connectivity index (χ4v) is 2.57. The van der Waals surface area contributed by atoms with Gasteiger partial charge in [0.1, 0.15) is 0 Å². The molecule has 1 heterocycles. The number of hydrogen-bond donors (Lipinski definition) is 1.